The van der Waals surface area contributed by atoms with Crippen molar-refractivity contribution in [3.63, 3.8) is 0 Å². The number of pyridine rings is 1. The molecule has 182 valence electrons. The highest BCUT2D eigenvalue weighted by Crippen LogP contribution is 2.30. The van der Waals surface area contributed by atoms with Crippen molar-refractivity contribution in [3.8, 4) is 23.0 Å². The number of carbonyl (C=O) groups excluding carboxylic acids is 1. The van der Waals surface area contributed by atoms with Crippen LogP contribution in [0.5, 0.6) is 11.8 Å². The summed E-state index contributed by atoms with van der Waals surface area (Å²) in [7, 11) is 3.10. The van der Waals surface area contributed by atoms with Gasteiger partial charge in [-0.3, -0.25) is 9.78 Å². The number of benzene rings is 1. The smallest absolute Gasteiger partial charge is 0.255 e. The normalized spacial score (nSPS) is 15.0. The number of hydrogen-bond acceptors (Lipinski definition) is 7. The summed E-state index contributed by atoms with van der Waals surface area (Å²) in [5.74, 6) is 1.27. The molecule has 36 heavy (non-hydrogen) atoms. The van der Waals surface area contributed by atoms with E-state index in [4.69, 9.17) is 9.47 Å². The number of amides is 1. The van der Waals surface area contributed by atoms with Gasteiger partial charge in [0.1, 0.15) is 5.82 Å². The van der Waals surface area contributed by atoms with Gasteiger partial charge in [-0.15, -0.1) is 0 Å². The monoisotopic (exact) mass is 481 g/mol. The lowest BCUT2D eigenvalue weighted by molar-refractivity contribution is -0.112. The minimum absolute atomic E-state index is 0.101. The maximum absolute atomic E-state index is 12.7. The lowest BCUT2D eigenvalue weighted by Crippen LogP contribution is -2.14. The highest BCUT2D eigenvalue weighted by atomic mass is 16.5. The summed E-state index contributed by atoms with van der Waals surface area (Å²) >= 11 is 0. The molecule has 2 heterocycles. The van der Waals surface area contributed by atoms with E-state index in [-0.39, 0.29) is 11.9 Å². The van der Waals surface area contributed by atoms with E-state index in [1.165, 1.54) is 0 Å². The number of anilines is 2. The van der Waals surface area contributed by atoms with Gasteiger partial charge in [0.25, 0.3) is 5.91 Å². The number of rotatable bonds is 8. The second-order valence-corrected chi connectivity index (χ2v) is 7.90. The van der Waals surface area contributed by atoms with Crippen LogP contribution in [0.1, 0.15) is 18.5 Å². The summed E-state index contributed by atoms with van der Waals surface area (Å²) in [6.45, 7) is 2.02. The Kier molecular flexibility index (Phi) is 7.87. The van der Waals surface area contributed by atoms with Crippen LogP contribution in [0.2, 0.25) is 0 Å². The number of hydrogen-bond donors (Lipinski definition) is 2. The average Bonchev–Trinajstić information content (AvgIpc) is 2.88. The fourth-order valence-electron chi connectivity index (χ4n) is 3.57. The molecule has 0 saturated carbocycles. The summed E-state index contributed by atoms with van der Waals surface area (Å²) in [6.07, 6.45) is 16.2. The van der Waals surface area contributed by atoms with Crippen LogP contribution in [-0.2, 0) is 4.79 Å². The molecular formula is C28H27N5O3. The van der Waals surface area contributed by atoms with E-state index >= 15 is 0 Å². The van der Waals surface area contributed by atoms with Gasteiger partial charge in [0, 0.05) is 17.3 Å². The second-order valence-electron chi connectivity index (χ2n) is 7.90. The van der Waals surface area contributed by atoms with E-state index in [1.807, 2.05) is 67.6 Å². The van der Waals surface area contributed by atoms with Gasteiger partial charge in [0.2, 0.25) is 11.8 Å². The van der Waals surface area contributed by atoms with Crippen molar-refractivity contribution in [2.45, 2.75) is 13.0 Å². The molecule has 0 unspecified atom stereocenters. The Hall–Kier alpha value is -4.72. The Labute approximate surface area is 210 Å². The summed E-state index contributed by atoms with van der Waals surface area (Å²) in [5, 5.41) is 6.34. The Morgan fingerprint density at radius 1 is 0.944 bits per heavy atom. The van der Waals surface area contributed by atoms with E-state index in [2.05, 4.69) is 25.6 Å². The Morgan fingerprint density at radius 2 is 1.78 bits per heavy atom. The predicted octanol–water partition coefficient (Wildman–Crippen LogP) is 5.28. The van der Waals surface area contributed by atoms with Crippen LogP contribution in [0.25, 0.3) is 11.3 Å². The molecule has 8 heteroatoms. The lowest BCUT2D eigenvalue weighted by Gasteiger charge is -2.17. The topological polar surface area (TPSA) is 98.3 Å². The van der Waals surface area contributed by atoms with Crippen LogP contribution in [0.3, 0.4) is 0 Å². The van der Waals surface area contributed by atoms with Gasteiger partial charge >= 0.3 is 0 Å². The van der Waals surface area contributed by atoms with Crippen molar-refractivity contribution < 1.29 is 14.3 Å². The highest BCUT2D eigenvalue weighted by molar-refractivity contribution is 6.06. The van der Waals surface area contributed by atoms with Crippen molar-refractivity contribution in [2.24, 2.45) is 0 Å². The number of allylic oxidation sites excluding steroid dienone is 6. The summed E-state index contributed by atoms with van der Waals surface area (Å²) in [4.78, 5) is 26.1. The largest absolute Gasteiger partial charge is 0.481 e. The van der Waals surface area contributed by atoms with Gasteiger partial charge in [0.15, 0.2) is 0 Å². The molecule has 0 aliphatic heterocycles. The number of methoxy groups -OCH3 is 2. The number of aromatic nitrogens is 3. The molecule has 0 fully saturated rings. The molecule has 3 aromatic rings. The Bertz CT molecular complexity index is 1360. The van der Waals surface area contributed by atoms with Gasteiger partial charge in [-0.25, -0.2) is 4.98 Å². The number of carbonyl (C=O) groups is 1. The van der Waals surface area contributed by atoms with E-state index < -0.39 is 0 Å². The van der Waals surface area contributed by atoms with Crippen LogP contribution in [0, 0.1) is 0 Å². The lowest BCUT2D eigenvalue weighted by atomic mass is 10.1. The first-order chi connectivity index (χ1) is 17.6. The predicted molar refractivity (Wildman–Crippen MR) is 141 cm³/mol. The van der Waals surface area contributed by atoms with Gasteiger partial charge in [-0.05, 0) is 42.8 Å². The SMILES string of the molecule is COc1ccc(-c2cncc(N[C@@H](C)c3cccc(NC(=O)C4=C/C=C/C=C/C=C4)c3)n2)c(OC)n1. The van der Waals surface area contributed by atoms with Crippen LogP contribution in [-0.4, -0.2) is 35.1 Å². The van der Waals surface area contributed by atoms with Gasteiger partial charge in [-0.2, -0.15) is 4.98 Å². The van der Waals surface area contributed by atoms with Gasteiger partial charge in [0.05, 0.1) is 43.9 Å². The van der Waals surface area contributed by atoms with Crippen molar-refractivity contribution in [3.05, 3.63) is 102 Å². The summed E-state index contributed by atoms with van der Waals surface area (Å²) in [6, 6.07) is 11.2. The molecule has 0 saturated heterocycles. The molecule has 1 aromatic carbocycles. The molecule has 2 N–H and O–H groups in total. The minimum Gasteiger partial charge on any atom is -0.481 e. The van der Waals surface area contributed by atoms with E-state index in [0.29, 0.717) is 40.1 Å². The number of nitrogens with zero attached hydrogens (tertiary/aromatic N) is 3. The third-order valence-electron chi connectivity index (χ3n) is 5.41. The van der Waals surface area contributed by atoms with E-state index in [0.717, 1.165) is 5.56 Å². The zero-order valence-corrected chi connectivity index (χ0v) is 20.3. The highest BCUT2D eigenvalue weighted by Gasteiger charge is 2.14. The molecule has 1 amide bonds. The second kappa shape index (κ2) is 11.6. The maximum atomic E-state index is 12.7. The fourth-order valence-corrected chi connectivity index (χ4v) is 3.57. The number of ether oxygens (including phenoxy) is 2. The molecule has 0 bridgehead atoms. The maximum Gasteiger partial charge on any atom is 0.255 e. The van der Waals surface area contributed by atoms with Crippen molar-refractivity contribution in [1.82, 2.24) is 15.0 Å². The molecule has 2 aromatic heterocycles. The molecule has 0 radical (unpaired) electrons. The molecular weight excluding hydrogens is 454 g/mol. The van der Waals surface area contributed by atoms with Gasteiger partial charge < -0.3 is 20.1 Å². The molecule has 1 aliphatic carbocycles. The van der Waals surface area contributed by atoms with Crippen LogP contribution >= 0.6 is 0 Å². The van der Waals surface area contributed by atoms with Crippen LogP contribution < -0.4 is 20.1 Å². The molecule has 1 aliphatic rings. The summed E-state index contributed by atoms with van der Waals surface area (Å²) < 4.78 is 10.6. The quantitative estimate of drug-likeness (QED) is 0.452. The molecule has 4 rings (SSSR count). The summed E-state index contributed by atoms with van der Waals surface area (Å²) in [5.41, 5.74) is 3.58. The standard InChI is InChI=1S/C28H27N5O3/c1-19(21-12-9-13-22(16-21)31-27(34)20-10-7-5-4-6-8-11-20)30-25-18-29-17-24(32-25)23-14-15-26(35-2)33-28(23)36-3/h4-19H,1-3H3,(H,30,32)(H,31,34)/b5-4+,6-4?,7-5?,8-6+,10-7?,11-8?,20-10?,20-11?/t19-/m0/s1. The zero-order valence-electron chi connectivity index (χ0n) is 20.3. The van der Waals surface area contributed by atoms with Crippen molar-refractivity contribution >= 4 is 17.4 Å². The Morgan fingerprint density at radius 3 is 2.61 bits per heavy atom. The van der Waals surface area contributed by atoms with Crippen molar-refractivity contribution in [1.29, 1.82) is 0 Å². The van der Waals surface area contributed by atoms with Crippen LogP contribution in [0.15, 0.2) is 96.9 Å². The van der Waals surface area contributed by atoms with Crippen molar-refractivity contribution in [2.75, 3.05) is 24.9 Å². The Balaban J connectivity index is 1.48. The van der Waals surface area contributed by atoms with E-state index in [1.54, 1.807) is 44.8 Å². The molecule has 1 atom stereocenters. The van der Waals surface area contributed by atoms with Crippen LogP contribution in [0.4, 0.5) is 11.5 Å². The third kappa shape index (κ3) is 6.04. The first-order valence-corrected chi connectivity index (χ1v) is 11.4. The zero-order chi connectivity index (χ0) is 25.3. The molecule has 8 nitrogen and oxygen atoms in total. The third-order valence-corrected chi connectivity index (χ3v) is 5.41. The minimum atomic E-state index is -0.176. The number of nitrogens with one attached hydrogen (secondary N) is 2. The fraction of sp³-hybridized carbons (Fsp3) is 0.143. The average molecular weight is 482 g/mol. The first-order valence-electron chi connectivity index (χ1n) is 11.4. The van der Waals surface area contributed by atoms with Gasteiger partial charge in [-0.1, -0.05) is 42.5 Å². The van der Waals surface area contributed by atoms with E-state index in [9.17, 15) is 4.79 Å². The first kappa shape index (κ1) is 24.4. The molecule has 0 spiro atoms.